The smallest absolute Gasteiger partial charge is 0.269 e. The van der Waals surface area contributed by atoms with Crippen molar-refractivity contribution < 1.29 is 15.4 Å². The van der Waals surface area contributed by atoms with Gasteiger partial charge in [0.25, 0.3) is 11.8 Å². The van der Waals surface area contributed by atoms with Crippen LogP contribution >= 0.6 is 0 Å². The van der Waals surface area contributed by atoms with Crippen LogP contribution in [-0.2, 0) is 6.42 Å². The number of fused-ring (bicyclic) bond motifs is 1. The van der Waals surface area contributed by atoms with Crippen molar-refractivity contribution in [1.29, 1.82) is 0 Å². The van der Waals surface area contributed by atoms with E-state index in [1.807, 2.05) is 49.5 Å². The van der Waals surface area contributed by atoms with Gasteiger partial charge >= 0.3 is 0 Å². The lowest BCUT2D eigenvalue weighted by molar-refractivity contribution is 0.0724. The SMILES string of the molecule is CN(C(=O)c1cccc2occc12)[C@H](CCNC(=O)c1ccccn1)Cc1ccccc1.[HH]. The predicted octanol–water partition coefficient (Wildman–Crippen LogP) is 4.58. The Morgan fingerprint density at radius 2 is 1.84 bits per heavy atom. The van der Waals surface area contributed by atoms with E-state index in [0.29, 0.717) is 36.2 Å². The molecular weight excluding hydrogens is 402 g/mol. The number of hydrogen-bond acceptors (Lipinski definition) is 4. The number of benzene rings is 2. The standard InChI is InChI=1S/C26H25N3O3.H2/c1-29(26(31)22-10-7-12-24-21(22)14-17-32-24)20(18-19-8-3-2-4-9-19)13-16-28-25(30)23-11-5-6-15-27-23;/h2-12,14-15,17,20H,13,16,18H2,1H3,(H,28,30);1H/t20-;/m1./s1. The van der Waals surface area contributed by atoms with Crippen molar-refractivity contribution >= 4 is 22.8 Å². The second-order valence-corrected chi connectivity index (χ2v) is 7.66. The zero-order chi connectivity index (χ0) is 22.3. The summed E-state index contributed by atoms with van der Waals surface area (Å²) in [5.74, 6) is -0.296. The summed E-state index contributed by atoms with van der Waals surface area (Å²) in [5.41, 5.74) is 2.80. The van der Waals surface area contributed by atoms with Crippen LogP contribution in [0.5, 0.6) is 0 Å². The number of carbonyl (C=O) groups excluding carboxylic acids is 2. The summed E-state index contributed by atoms with van der Waals surface area (Å²) in [5, 5.41) is 3.72. The number of pyridine rings is 1. The molecule has 1 N–H and O–H groups in total. The average Bonchev–Trinajstić information content (AvgIpc) is 3.33. The lowest BCUT2D eigenvalue weighted by Crippen LogP contribution is -2.41. The Balaban J connectivity index is 0.00000306. The number of carbonyl (C=O) groups is 2. The molecule has 2 aromatic carbocycles. The molecule has 0 unspecified atom stereocenters. The fraction of sp³-hybridized carbons (Fsp3) is 0.192. The van der Waals surface area contributed by atoms with Gasteiger partial charge in [0.2, 0.25) is 0 Å². The minimum absolute atomic E-state index is 0. The molecule has 164 valence electrons. The minimum Gasteiger partial charge on any atom is -0.464 e. The van der Waals surface area contributed by atoms with E-state index in [1.54, 1.807) is 35.6 Å². The number of rotatable bonds is 8. The van der Waals surface area contributed by atoms with Crippen LogP contribution in [0.3, 0.4) is 0 Å². The summed E-state index contributed by atoms with van der Waals surface area (Å²) in [4.78, 5) is 31.6. The van der Waals surface area contributed by atoms with Gasteiger partial charge in [-0.2, -0.15) is 0 Å². The first-order chi connectivity index (χ1) is 15.6. The van der Waals surface area contributed by atoms with Gasteiger partial charge in [-0.25, -0.2) is 0 Å². The molecule has 0 spiro atoms. The van der Waals surface area contributed by atoms with Gasteiger partial charge in [0.05, 0.1) is 11.8 Å². The number of furan rings is 1. The molecule has 0 radical (unpaired) electrons. The van der Waals surface area contributed by atoms with E-state index < -0.39 is 0 Å². The predicted molar refractivity (Wildman–Crippen MR) is 126 cm³/mol. The number of aromatic nitrogens is 1. The minimum atomic E-state index is -0.221. The molecule has 4 rings (SSSR count). The van der Waals surface area contributed by atoms with Crippen LogP contribution in [0.2, 0.25) is 0 Å². The highest BCUT2D eigenvalue weighted by molar-refractivity contribution is 6.05. The molecule has 0 saturated heterocycles. The highest BCUT2D eigenvalue weighted by atomic mass is 16.3. The molecule has 2 amide bonds. The van der Waals surface area contributed by atoms with Gasteiger partial charge in [0.15, 0.2) is 0 Å². The second-order valence-electron chi connectivity index (χ2n) is 7.66. The zero-order valence-electron chi connectivity index (χ0n) is 17.9. The summed E-state index contributed by atoms with van der Waals surface area (Å²) >= 11 is 0. The van der Waals surface area contributed by atoms with E-state index in [-0.39, 0.29) is 19.3 Å². The van der Waals surface area contributed by atoms with Gasteiger partial charge in [0.1, 0.15) is 11.3 Å². The third-order valence-corrected chi connectivity index (χ3v) is 5.57. The van der Waals surface area contributed by atoms with Gasteiger partial charge in [-0.15, -0.1) is 0 Å². The highest BCUT2D eigenvalue weighted by Gasteiger charge is 2.23. The third-order valence-electron chi connectivity index (χ3n) is 5.57. The first-order valence-corrected chi connectivity index (χ1v) is 10.6. The van der Waals surface area contributed by atoms with E-state index in [1.165, 1.54) is 0 Å². The number of hydrogen-bond donors (Lipinski definition) is 1. The van der Waals surface area contributed by atoms with E-state index in [4.69, 9.17) is 4.42 Å². The molecule has 0 bridgehead atoms. The van der Waals surface area contributed by atoms with Gasteiger partial charge in [-0.3, -0.25) is 14.6 Å². The quantitative estimate of drug-likeness (QED) is 0.445. The van der Waals surface area contributed by atoms with Gasteiger partial charge in [-0.1, -0.05) is 42.5 Å². The maximum absolute atomic E-state index is 13.4. The molecule has 2 aromatic heterocycles. The van der Waals surface area contributed by atoms with Crippen molar-refractivity contribution in [1.82, 2.24) is 15.2 Å². The fourth-order valence-electron chi connectivity index (χ4n) is 3.80. The van der Waals surface area contributed by atoms with Crippen LogP contribution in [-0.4, -0.2) is 41.3 Å². The molecule has 6 nitrogen and oxygen atoms in total. The van der Waals surface area contributed by atoms with Crippen molar-refractivity contribution in [3.05, 3.63) is 102 Å². The van der Waals surface area contributed by atoms with Crippen LogP contribution in [0.15, 0.2) is 89.7 Å². The summed E-state index contributed by atoms with van der Waals surface area (Å²) in [6, 6.07) is 22.5. The van der Waals surface area contributed by atoms with Crippen LogP contribution in [0.4, 0.5) is 0 Å². The summed E-state index contributed by atoms with van der Waals surface area (Å²) in [7, 11) is 1.81. The van der Waals surface area contributed by atoms with Crippen LogP contribution in [0.25, 0.3) is 11.0 Å². The molecule has 6 heteroatoms. The first-order valence-electron chi connectivity index (χ1n) is 10.6. The molecular formula is C26H27N3O3. The number of likely N-dealkylation sites (N-methyl/N-ethyl adjacent to an activating group) is 1. The van der Waals surface area contributed by atoms with Gasteiger partial charge in [0, 0.05) is 32.6 Å². The molecule has 0 saturated carbocycles. The maximum Gasteiger partial charge on any atom is 0.269 e. The highest BCUT2D eigenvalue weighted by Crippen LogP contribution is 2.22. The lowest BCUT2D eigenvalue weighted by atomic mass is 10.0. The average molecular weight is 430 g/mol. The molecule has 0 aliphatic heterocycles. The van der Waals surface area contributed by atoms with Gasteiger partial charge in [-0.05, 0) is 48.7 Å². The van der Waals surface area contributed by atoms with Crippen molar-refractivity contribution in [2.75, 3.05) is 13.6 Å². The van der Waals surface area contributed by atoms with Crippen molar-refractivity contribution in [3.8, 4) is 0 Å². The number of nitrogens with zero attached hydrogens (tertiary/aromatic N) is 2. The van der Waals surface area contributed by atoms with Crippen LogP contribution < -0.4 is 5.32 Å². The topological polar surface area (TPSA) is 75.4 Å². The van der Waals surface area contributed by atoms with Crippen molar-refractivity contribution in [2.45, 2.75) is 18.9 Å². The van der Waals surface area contributed by atoms with Crippen molar-refractivity contribution in [3.63, 3.8) is 0 Å². The zero-order valence-corrected chi connectivity index (χ0v) is 17.9. The summed E-state index contributed by atoms with van der Waals surface area (Å²) in [6.45, 7) is 0.431. The van der Waals surface area contributed by atoms with Gasteiger partial charge < -0.3 is 14.6 Å². The Morgan fingerprint density at radius 3 is 2.62 bits per heavy atom. The van der Waals surface area contributed by atoms with Crippen molar-refractivity contribution in [2.24, 2.45) is 0 Å². The largest absolute Gasteiger partial charge is 0.464 e. The van der Waals surface area contributed by atoms with E-state index in [9.17, 15) is 9.59 Å². The monoisotopic (exact) mass is 429 g/mol. The molecule has 4 aromatic rings. The molecule has 2 heterocycles. The number of nitrogens with one attached hydrogen (secondary N) is 1. The lowest BCUT2D eigenvalue weighted by Gasteiger charge is -2.29. The Bertz CT molecular complexity index is 1200. The Kier molecular flexibility index (Phi) is 6.60. The molecule has 1 atom stereocenters. The third kappa shape index (κ3) is 4.86. The Hall–Kier alpha value is -3.93. The summed E-state index contributed by atoms with van der Waals surface area (Å²) < 4.78 is 5.45. The van der Waals surface area contributed by atoms with E-state index in [2.05, 4.69) is 22.4 Å². The van der Waals surface area contributed by atoms with E-state index in [0.717, 1.165) is 10.9 Å². The Labute approximate surface area is 188 Å². The molecule has 0 aliphatic rings. The first kappa shape index (κ1) is 21.3. The van der Waals surface area contributed by atoms with Crippen LogP contribution in [0, 0.1) is 0 Å². The second kappa shape index (κ2) is 9.92. The van der Waals surface area contributed by atoms with Crippen LogP contribution in [0.1, 0.15) is 34.3 Å². The Morgan fingerprint density at radius 1 is 1.03 bits per heavy atom. The van der Waals surface area contributed by atoms with E-state index >= 15 is 0 Å². The molecule has 0 aliphatic carbocycles. The maximum atomic E-state index is 13.4. The molecule has 0 fully saturated rings. The fourth-order valence-corrected chi connectivity index (χ4v) is 3.80. The molecule has 32 heavy (non-hydrogen) atoms. The summed E-state index contributed by atoms with van der Waals surface area (Å²) in [6.07, 6.45) is 4.48. The number of amides is 2. The normalized spacial score (nSPS) is 11.8.